The van der Waals surface area contributed by atoms with Gasteiger partial charge in [0.1, 0.15) is 5.75 Å². The SMILES string of the molecule is CCc1ccccc1OCC(=O)NNC(=O)c1nnn(-c2ccccc2)c1C1CC1. The Hall–Kier alpha value is -3.68. The van der Waals surface area contributed by atoms with E-state index in [4.69, 9.17) is 4.74 Å². The maximum Gasteiger partial charge on any atom is 0.292 e. The Balaban J connectivity index is 1.38. The van der Waals surface area contributed by atoms with Crippen LogP contribution in [0.2, 0.25) is 0 Å². The predicted molar refractivity (Wildman–Crippen MR) is 110 cm³/mol. The van der Waals surface area contributed by atoms with Crippen molar-refractivity contribution >= 4 is 11.8 Å². The summed E-state index contributed by atoms with van der Waals surface area (Å²) < 4.78 is 7.26. The lowest BCUT2D eigenvalue weighted by atomic mass is 10.1. The largest absolute Gasteiger partial charge is 0.483 e. The van der Waals surface area contributed by atoms with Gasteiger partial charge in [0.2, 0.25) is 0 Å². The highest BCUT2D eigenvalue weighted by Gasteiger charge is 2.34. The molecule has 8 nitrogen and oxygen atoms in total. The van der Waals surface area contributed by atoms with Crippen LogP contribution < -0.4 is 15.6 Å². The van der Waals surface area contributed by atoms with E-state index < -0.39 is 11.8 Å². The molecule has 1 fully saturated rings. The van der Waals surface area contributed by atoms with Gasteiger partial charge in [-0.3, -0.25) is 20.4 Å². The number of nitrogens with zero attached hydrogens (tertiary/aromatic N) is 3. The van der Waals surface area contributed by atoms with Crippen molar-refractivity contribution in [3.05, 3.63) is 71.5 Å². The lowest BCUT2D eigenvalue weighted by Gasteiger charge is -2.11. The number of ether oxygens (including phenoxy) is 1. The Morgan fingerprint density at radius 3 is 2.53 bits per heavy atom. The molecule has 1 saturated carbocycles. The number of nitrogens with one attached hydrogen (secondary N) is 2. The van der Waals surface area contributed by atoms with Crippen molar-refractivity contribution in [3.8, 4) is 11.4 Å². The van der Waals surface area contributed by atoms with Gasteiger partial charge in [0, 0.05) is 5.92 Å². The quantitative estimate of drug-likeness (QED) is 0.589. The van der Waals surface area contributed by atoms with Gasteiger partial charge in [-0.15, -0.1) is 5.10 Å². The van der Waals surface area contributed by atoms with E-state index in [9.17, 15) is 9.59 Å². The van der Waals surface area contributed by atoms with Crippen molar-refractivity contribution in [3.63, 3.8) is 0 Å². The van der Waals surface area contributed by atoms with Crippen molar-refractivity contribution < 1.29 is 14.3 Å². The zero-order valence-electron chi connectivity index (χ0n) is 16.7. The van der Waals surface area contributed by atoms with Gasteiger partial charge in [0.25, 0.3) is 11.8 Å². The first kappa shape index (κ1) is 19.6. The number of hydrogen-bond acceptors (Lipinski definition) is 5. The number of para-hydroxylation sites is 2. The minimum atomic E-state index is -0.499. The second kappa shape index (κ2) is 8.77. The van der Waals surface area contributed by atoms with Crippen LogP contribution in [0.3, 0.4) is 0 Å². The summed E-state index contributed by atoms with van der Waals surface area (Å²) in [6, 6.07) is 17.1. The van der Waals surface area contributed by atoms with Gasteiger partial charge in [-0.2, -0.15) is 0 Å². The van der Waals surface area contributed by atoms with Gasteiger partial charge in [-0.05, 0) is 43.0 Å². The molecule has 2 N–H and O–H groups in total. The van der Waals surface area contributed by atoms with Crippen molar-refractivity contribution in [2.45, 2.75) is 32.1 Å². The molecule has 0 unspecified atom stereocenters. The number of rotatable bonds is 7. The fraction of sp³-hybridized carbons (Fsp3) is 0.273. The Kier molecular flexibility index (Phi) is 5.74. The highest BCUT2D eigenvalue weighted by Crippen LogP contribution is 2.41. The molecule has 8 heteroatoms. The zero-order chi connectivity index (χ0) is 20.9. The standard InChI is InChI=1S/C22H23N5O3/c1-2-15-8-6-7-11-18(15)30-14-19(28)23-25-22(29)20-21(16-12-13-16)27(26-24-20)17-9-4-3-5-10-17/h3-11,16H,2,12-14H2,1H3,(H,23,28)(H,25,29). The fourth-order valence-corrected chi connectivity index (χ4v) is 3.24. The first-order valence-electron chi connectivity index (χ1n) is 9.98. The molecule has 4 rings (SSSR count). The van der Waals surface area contributed by atoms with Crippen LogP contribution in [0.25, 0.3) is 5.69 Å². The van der Waals surface area contributed by atoms with E-state index >= 15 is 0 Å². The third kappa shape index (κ3) is 4.32. The third-order valence-corrected chi connectivity index (χ3v) is 4.91. The molecule has 0 bridgehead atoms. The van der Waals surface area contributed by atoms with Gasteiger partial charge < -0.3 is 4.74 Å². The minimum Gasteiger partial charge on any atom is -0.483 e. The van der Waals surface area contributed by atoms with E-state index in [1.54, 1.807) is 4.68 Å². The summed E-state index contributed by atoms with van der Waals surface area (Å²) in [4.78, 5) is 24.8. The molecule has 0 aliphatic heterocycles. The molecule has 30 heavy (non-hydrogen) atoms. The highest BCUT2D eigenvalue weighted by molar-refractivity contribution is 5.95. The summed E-state index contributed by atoms with van der Waals surface area (Å²) in [5, 5.41) is 8.23. The average molecular weight is 405 g/mol. The molecule has 1 aromatic heterocycles. The number of hydrogen-bond donors (Lipinski definition) is 2. The molecule has 0 atom stereocenters. The average Bonchev–Trinajstić information content (AvgIpc) is 3.54. The summed E-state index contributed by atoms with van der Waals surface area (Å²) in [5.74, 6) is -0.0621. The van der Waals surface area contributed by atoms with Gasteiger partial charge in [-0.1, -0.05) is 48.5 Å². The Morgan fingerprint density at radius 2 is 1.80 bits per heavy atom. The molecule has 1 aliphatic carbocycles. The predicted octanol–water partition coefficient (Wildman–Crippen LogP) is 2.55. The molecule has 1 heterocycles. The number of carbonyl (C=O) groups excluding carboxylic acids is 2. The molecule has 154 valence electrons. The maximum absolute atomic E-state index is 12.6. The molecular formula is C22H23N5O3. The molecule has 0 spiro atoms. The molecule has 2 amide bonds. The number of benzene rings is 2. The van der Waals surface area contributed by atoms with Gasteiger partial charge >= 0.3 is 0 Å². The molecule has 3 aromatic rings. The zero-order valence-corrected chi connectivity index (χ0v) is 16.7. The van der Waals surface area contributed by atoms with Crippen LogP contribution in [-0.2, 0) is 11.2 Å². The smallest absolute Gasteiger partial charge is 0.292 e. The van der Waals surface area contributed by atoms with Crippen LogP contribution in [-0.4, -0.2) is 33.4 Å². The molecule has 2 aromatic carbocycles. The summed E-state index contributed by atoms with van der Waals surface area (Å²) in [6.45, 7) is 1.81. The normalized spacial score (nSPS) is 13.0. The Morgan fingerprint density at radius 1 is 1.07 bits per heavy atom. The van der Waals surface area contributed by atoms with E-state index in [1.807, 2.05) is 61.5 Å². The van der Waals surface area contributed by atoms with Crippen molar-refractivity contribution in [2.24, 2.45) is 0 Å². The second-order valence-corrected chi connectivity index (χ2v) is 7.10. The summed E-state index contributed by atoms with van der Waals surface area (Å²) in [5.41, 5.74) is 7.65. The number of carbonyl (C=O) groups is 2. The first-order valence-corrected chi connectivity index (χ1v) is 9.98. The topological polar surface area (TPSA) is 98.1 Å². The molecule has 0 radical (unpaired) electrons. The Bertz CT molecular complexity index is 1040. The number of aryl methyl sites for hydroxylation is 1. The van der Waals surface area contributed by atoms with Crippen LogP contribution in [0, 0.1) is 0 Å². The van der Waals surface area contributed by atoms with Gasteiger partial charge in [0.15, 0.2) is 12.3 Å². The molecule has 0 saturated heterocycles. The minimum absolute atomic E-state index is 0.205. The van der Waals surface area contributed by atoms with Crippen LogP contribution in [0.4, 0.5) is 0 Å². The van der Waals surface area contributed by atoms with Crippen molar-refractivity contribution in [2.75, 3.05) is 6.61 Å². The van der Waals surface area contributed by atoms with E-state index in [1.165, 1.54) is 0 Å². The summed E-state index contributed by atoms with van der Waals surface area (Å²) >= 11 is 0. The number of amides is 2. The van der Waals surface area contributed by atoms with Crippen molar-refractivity contribution in [1.82, 2.24) is 25.8 Å². The van der Waals surface area contributed by atoms with E-state index in [0.717, 1.165) is 36.2 Å². The van der Waals surface area contributed by atoms with E-state index in [-0.39, 0.29) is 18.2 Å². The van der Waals surface area contributed by atoms with Crippen LogP contribution in [0.1, 0.15) is 47.4 Å². The Labute approximate surface area is 174 Å². The van der Waals surface area contributed by atoms with Crippen LogP contribution in [0.5, 0.6) is 5.75 Å². The van der Waals surface area contributed by atoms with E-state index in [0.29, 0.717) is 5.75 Å². The first-order chi connectivity index (χ1) is 14.7. The lowest BCUT2D eigenvalue weighted by molar-refractivity contribution is -0.123. The monoisotopic (exact) mass is 405 g/mol. The van der Waals surface area contributed by atoms with Crippen molar-refractivity contribution in [1.29, 1.82) is 0 Å². The molecule has 1 aliphatic rings. The van der Waals surface area contributed by atoms with Gasteiger partial charge in [-0.25, -0.2) is 4.68 Å². The third-order valence-electron chi connectivity index (χ3n) is 4.91. The maximum atomic E-state index is 12.6. The summed E-state index contributed by atoms with van der Waals surface area (Å²) in [7, 11) is 0. The lowest BCUT2D eigenvalue weighted by Crippen LogP contribution is -2.44. The van der Waals surface area contributed by atoms with Crippen LogP contribution in [0.15, 0.2) is 54.6 Å². The second-order valence-electron chi connectivity index (χ2n) is 7.10. The highest BCUT2D eigenvalue weighted by atomic mass is 16.5. The fourth-order valence-electron chi connectivity index (χ4n) is 3.24. The van der Waals surface area contributed by atoms with E-state index in [2.05, 4.69) is 21.2 Å². The summed E-state index contributed by atoms with van der Waals surface area (Å²) in [6.07, 6.45) is 2.77. The van der Waals surface area contributed by atoms with Gasteiger partial charge in [0.05, 0.1) is 11.4 Å². The molecular weight excluding hydrogens is 382 g/mol. The number of hydrazine groups is 1. The van der Waals surface area contributed by atoms with Crippen LogP contribution >= 0.6 is 0 Å². The number of aromatic nitrogens is 3.